The van der Waals surface area contributed by atoms with Crippen molar-refractivity contribution in [1.82, 2.24) is 9.97 Å². The van der Waals surface area contributed by atoms with Crippen LogP contribution in [-0.4, -0.2) is 15.9 Å². The molecule has 1 heterocycles. The first-order valence-corrected chi connectivity index (χ1v) is 8.06. The van der Waals surface area contributed by atoms with Crippen LogP contribution in [0.5, 0.6) is 0 Å². The highest BCUT2D eigenvalue weighted by Crippen LogP contribution is 2.26. The van der Waals surface area contributed by atoms with Gasteiger partial charge in [-0.3, -0.25) is 4.79 Å². The number of fused-ring (bicyclic) bond motifs is 1. The second kappa shape index (κ2) is 6.80. The summed E-state index contributed by atoms with van der Waals surface area (Å²) in [6, 6.07) is 13.3. The zero-order chi connectivity index (χ0) is 17.1. The Labute approximate surface area is 148 Å². The second-order valence-corrected chi connectivity index (χ2v) is 6.24. The number of anilines is 3. The molecule has 0 unspecified atom stereocenters. The Morgan fingerprint density at radius 3 is 2.71 bits per heavy atom. The van der Waals surface area contributed by atoms with E-state index < -0.39 is 0 Å². The maximum atomic E-state index is 11.7. The molecule has 6 heteroatoms. The molecular formula is C18H15BrN4O. The first kappa shape index (κ1) is 16.1. The predicted molar refractivity (Wildman–Crippen MR) is 100 cm³/mol. The maximum Gasteiger partial charge on any atom is 0.250 e. The highest BCUT2D eigenvalue weighted by Gasteiger charge is 2.07. The zero-order valence-electron chi connectivity index (χ0n) is 13.0. The fraction of sp³-hybridized carbons (Fsp3) is 0.0556. The van der Waals surface area contributed by atoms with Crippen molar-refractivity contribution >= 4 is 49.9 Å². The van der Waals surface area contributed by atoms with Gasteiger partial charge < -0.3 is 10.6 Å². The van der Waals surface area contributed by atoms with Gasteiger partial charge >= 0.3 is 0 Å². The molecule has 1 aromatic heterocycles. The Hall–Kier alpha value is -2.73. The molecule has 1 amide bonds. The number of aromatic nitrogens is 2. The van der Waals surface area contributed by atoms with E-state index in [9.17, 15) is 4.79 Å². The third-order valence-corrected chi connectivity index (χ3v) is 3.86. The van der Waals surface area contributed by atoms with E-state index in [4.69, 9.17) is 0 Å². The van der Waals surface area contributed by atoms with Crippen LogP contribution in [0, 0.1) is 0 Å². The molecule has 3 rings (SSSR count). The summed E-state index contributed by atoms with van der Waals surface area (Å²) < 4.78 is 0.982. The van der Waals surface area contributed by atoms with Crippen LogP contribution in [0.25, 0.3) is 10.9 Å². The van der Waals surface area contributed by atoms with E-state index in [2.05, 4.69) is 43.1 Å². The van der Waals surface area contributed by atoms with Crippen molar-refractivity contribution in [3.63, 3.8) is 0 Å². The van der Waals surface area contributed by atoms with Gasteiger partial charge in [0.15, 0.2) is 0 Å². The van der Waals surface area contributed by atoms with Crippen LogP contribution in [0.2, 0.25) is 0 Å². The normalized spacial score (nSPS) is 10.4. The third kappa shape index (κ3) is 3.60. The Morgan fingerprint density at radius 2 is 1.96 bits per heavy atom. The predicted octanol–water partition coefficient (Wildman–Crippen LogP) is 4.65. The topological polar surface area (TPSA) is 66.9 Å². The molecule has 0 spiro atoms. The van der Waals surface area contributed by atoms with Gasteiger partial charge in [0.05, 0.1) is 5.52 Å². The third-order valence-electron chi connectivity index (χ3n) is 3.37. The average Bonchev–Trinajstić information content (AvgIpc) is 2.55. The molecule has 2 aromatic carbocycles. The highest BCUT2D eigenvalue weighted by atomic mass is 79.9. The van der Waals surface area contributed by atoms with Gasteiger partial charge in [0, 0.05) is 26.8 Å². The molecule has 0 bridgehead atoms. The number of hydrogen-bond donors (Lipinski definition) is 2. The highest BCUT2D eigenvalue weighted by molar-refractivity contribution is 9.10. The first-order chi connectivity index (χ1) is 11.5. The number of nitrogens with zero attached hydrogens (tertiary/aromatic N) is 2. The van der Waals surface area contributed by atoms with E-state index in [-0.39, 0.29) is 5.91 Å². The molecule has 5 nitrogen and oxygen atoms in total. The Bertz CT molecular complexity index is 939. The van der Waals surface area contributed by atoms with Gasteiger partial charge in [-0.05, 0) is 43.3 Å². The van der Waals surface area contributed by atoms with E-state index in [0.717, 1.165) is 21.1 Å². The van der Waals surface area contributed by atoms with Crippen LogP contribution in [0.1, 0.15) is 6.92 Å². The van der Waals surface area contributed by atoms with E-state index in [1.165, 1.54) is 6.33 Å². The molecular weight excluding hydrogens is 368 g/mol. The van der Waals surface area contributed by atoms with E-state index >= 15 is 0 Å². The summed E-state index contributed by atoms with van der Waals surface area (Å²) in [4.78, 5) is 20.3. The Morgan fingerprint density at radius 1 is 1.12 bits per heavy atom. The van der Waals surface area contributed by atoms with Gasteiger partial charge in [0.2, 0.25) is 0 Å². The molecule has 120 valence electrons. The molecule has 0 aliphatic rings. The van der Waals surface area contributed by atoms with Crippen molar-refractivity contribution in [2.75, 3.05) is 10.6 Å². The van der Waals surface area contributed by atoms with Gasteiger partial charge in [-0.15, -0.1) is 0 Å². The zero-order valence-corrected chi connectivity index (χ0v) is 14.6. The largest absolute Gasteiger partial charge is 0.340 e. The van der Waals surface area contributed by atoms with Crippen molar-refractivity contribution in [2.24, 2.45) is 0 Å². The fourth-order valence-electron chi connectivity index (χ4n) is 2.18. The monoisotopic (exact) mass is 382 g/mol. The number of nitrogens with one attached hydrogen (secondary N) is 2. The van der Waals surface area contributed by atoms with Gasteiger partial charge in [-0.25, -0.2) is 9.97 Å². The number of rotatable bonds is 4. The minimum Gasteiger partial charge on any atom is -0.340 e. The first-order valence-electron chi connectivity index (χ1n) is 7.27. The summed E-state index contributed by atoms with van der Waals surface area (Å²) in [5, 5.41) is 6.93. The quantitative estimate of drug-likeness (QED) is 0.644. The van der Waals surface area contributed by atoms with Crippen LogP contribution in [0.15, 0.2) is 65.4 Å². The average molecular weight is 383 g/mol. The molecule has 0 saturated heterocycles. The van der Waals surface area contributed by atoms with Crippen LogP contribution < -0.4 is 10.6 Å². The van der Waals surface area contributed by atoms with Crippen LogP contribution in [0.3, 0.4) is 0 Å². The molecule has 0 fully saturated rings. The van der Waals surface area contributed by atoms with Gasteiger partial charge in [0.1, 0.15) is 12.1 Å². The van der Waals surface area contributed by atoms with Crippen molar-refractivity contribution in [1.29, 1.82) is 0 Å². The molecule has 2 N–H and O–H groups in total. The number of hydrogen-bond acceptors (Lipinski definition) is 4. The van der Waals surface area contributed by atoms with Crippen LogP contribution in [-0.2, 0) is 4.79 Å². The summed E-state index contributed by atoms with van der Waals surface area (Å²) >= 11 is 3.45. The molecule has 0 atom stereocenters. The second-order valence-electron chi connectivity index (χ2n) is 5.32. The molecule has 0 aliphatic heterocycles. The van der Waals surface area contributed by atoms with Crippen LogP contribution in [0.4, 0.5) is 17.2 Å². The lowest BCUT2D eigenvalue weighted by Gasteiger charge is -2.10. The standard InChI is InChI=1S/C18H15BrN4O/c1-11(2)18(24)23-14-6-7-15-16(9-14)20-10-21-17(15)22-13-5-3-4-12(19)8-13/h3-10H,1H2,2H3,(H,23,24)(H,20,21,22). The number of carbonyl (C=O) groups is 1. The maximum absolute atomic E-state index is 11.7. The smallest absolute Gasteiger partial charge is 0.250 e. The summed E-state index contributed by atoms with van der Waals surface area (Å²) in [5.41, 5.74) is 2.78. The fourth-order valence-corrected chi connectivity index (χ4v) is 2.57. The van der Waals surface area contributed by atoms with Crippen molar-refractivity contribution in [3.05, 3.63) is 65.4 Å². The lowest BCUT2D eigenvalue weighted by molar-refractivity contribution is -0.112. The van der Waals surface area contributed by atoms with Crippen molar-refractivity contribution in [3.8, 4) is 0 Å². The van der Waals surface area contributed by atoms with Gasteiger partial charge in [-0.2, -0.15) is 0 Å². The van der Waals surface area contributed by atoms with E-state index in [1.54, 1.807) is 6.92 Å². The number of benzene rings is 2. The van der Waals surface area contributed by atoms with Crippen LogP contribution >= 0.6 is 15.9 Å². The van der Waals surface area contributed by atoms with Gasteiger partial charge in [0.25, 0.3) is 5.91 Å². The van der Waals surface area contributed by atoms with Crippen molar-refractivity contribution < 1.29 is 4.79 Å². The SMILES string of the molecule is C=C(C)C(=O)Nc1ccc2c(Nc3cccc(Br)c3)ncnc2c1. The molecule has 24 heavy (non-hydrogen) atoms. The summed E-state index contributed by atoms with van der Waals surface area (Å²) in [5.74, 6) is 0.492. The molecule has 3 aromatic rings. The number of halogens is 1. The number of carbonyl (C=O) groups excluding carboxylic acids is 1. The Kier molecular flexibility index (Phi) is 4.57. The lowest BCUT2D eigenvalue weighted by Crippen LogP contribution is -2.11. The van der Waals surface area contributed by atoms with Crippen molar-refractivity contribution in [2.45, 2.75) is 6.92 Å². The minimum atomic E-state index is -0.212. The number of amides is 1. The van der Waals surface area contributed by atoms with Gasteiger partial charge in [-0.1, -0.05) is 28.6 Å². The summed E-state index contributed by atoms with van der Waals surface area (Å²) in [6.45, 7) is 5.30. The molecule has 0 saturated carbocycles. The molecule has 0 radical (unpaired) electrons. The van der Waals surface area contributed by atoms with E-state index in [0.29, 0.717) is 17.1 Å². The Balaban J connectivity index is 1.93. The van der Waals surface area contributed by atoms with E-state index in [1.807, 2.05) is 42.5 Å². The minimum absolute atomic E-state index is 0.212. The molecule has 0 aliphatic carbocycles. The summed E-state index contributed by atoms with van der Waals surface area (Å²) in [6.07, 6.45) is 1.49. The lowest BCUT2D eigenvalue weighted by atomic mass is 10.2. The summed E-state index contributed by atoms with van der Waals surface area (Å²) in [7, 11) is 0.